The van der Waals surface area contributed by atoms with E-state index in [4.69, 9.17) is 9.84 Å². The zero-order chi connectivity index (χ0) is 15.0. The molecule has 1 aliphatic carbocycles. The third-order valence-electron chi connectivity index (χ3n) is 4.04. The van der Waals surface area contributed by atoms with Crippen molar-refractivity contribution in [3.05, 3.63) is 0 Å². The fraction of sp³-hybridized carbons (Fsp3) is 0.857. The van der Waals surface area contributed by atoms with Gasteiger partial charge in [-0.2, -0.15) is 0 Å². The molecule has 0 spiro atoms. The maximum Gasteiger partial charge on any atom is 0.314 e. The standard InChI is InChI=1S/C14H26N2O4/c1-11-5-7-14(20-2,8-6-11)10-16-13(19)15-9-3-4-12(17)18/h11H,3-10H2,1-2H3,(H,17,18)(H2,15,16,19). The lowest BCUT2D eigenvalue weighted by molar-refractivity contribution is -0.137. The van der Waals surface area contributed by atoms with E-state index in [0.717, 1.165) is 31.6 Å². The molecule has 0 aromatic heterocycles. The van der Waals surface area contributed by atoms with E-state index in [0.29, 0.717) is 19.5 Å². The predicted molar refractivity (Wildman–Crippen MR) is 75.6 cm³/mol. The summed E-state index contributed by atoms with van der Waals surface area (Å²) in [7, 11) is 1.70. The fourth-order valence-electron chi connectivity index (χ4n) is 2.49. The van der Waals surface area contributed by atoms with Gasteiger partial charge in [-0.1, -0.05) is 6.92 Å². The first-order chi connectivity index (χ1) is 9.47. The molecular weight excluding hydrogens is 260 g/mol. The SMILES string of the molecule is COC1(CNC(=O)NCCCC(=O)O)CCC(C)CC1. The molecule has 0 unspecified atom stereocenters. The summed E-state index contributed by atoms with van der Waals surface area (Å²) in [5, 5.41) is 14.0. The summed E-state index contributed by atoms with van der Waals surface area (Å²) < 4.78 is 5.61. The minimum atomic E-state index is -0.845. The van der Waals surface area contributed by atoms with Crippen LogP contribution < -0.4 is 10.6 Å². The van der Waals surface area contributed by atoms with Gasteiger partial charge in [0, 0.05) is 26.6 Å². The molecule has 1 fully saturated rings. The lowest BCUT2D eigenvalue weighted by Crippen LogP contribution is -2.49. The van der Waals surface area contributed by atoms with Gasteiger partial charge in [0.2, 0.25) is 0 Å². The average Bonchev–Trinajstić information content (AvgIpc) is 2.43. The Balaban J connectivity index is 2.23. The van der Waals surface area contributed by atoms with E-state index < -0.39 is 5.97 Å². The highest BCUT2D eigenvalue weighted by Gasteiger charge is 2.34. The van der Waals surface area contributed by atoms with Crippen molar-refractivity contribution >= 4 is 12.0 Å². The Morgan fingerprint density at radius 1 is 1.30 bits per heavy atom. The van der Waals surface area contributed by atoms with Crippen molar-refractivity contribution < 1.29 is 19.4 Å². The van der Waals surface area contributed by atoms with Gasteiger partial charge in [-0.3, -0.25) is 4.79 Å². The second-order valence-corrected chi connectivity index (χ2v) is 5.68. The summed E-state index contributed by atoms with van der Waals surface area (Å²) in [5.74, 6) is -0.120. The van der Waals surface area contributed by atoms with E-state index in [1.807, 2.05) is 0 Å². The van der Waals surface area contributed by atoms with E-state index in [1.54, 1.807) is 7.11 Å². The molecule has 1 rings (SSSR count). The monoisotopic (exact) mass is 286 g/mol. The number of carbonyl (C=O) groups excluding carboxylic acids is 1. The Morgan fingerprint density at radius 3 is 2.50 bits per heavy atom. The Kier molecular flexibility index (Phi) is 6.78. The van der Waals surface area contributed by atoms with Gasteiger partial charge < -0.3 is 20.5 Å². The number of hydrogen-bond donors (Lipinski definition) is 3. The Morgan fingerprint density at radius 2 is 1.95 bits per heavy atom. The summed E-state index contributed by atoms with van der Waals surface area (Å²) >= 11 is 0. The summed E-state index contributed by atoms with van der Waals surface area (Å²) in [5.41, 5.74) is -0.245. The molecule has 0 heterocycles. The molecule has 1 saturated carbocycles. The van der Waals surface area contributed by atoms with Crippen molar-refractivity contribution in [1.29, 1.82) is 0 Å². The van der Waals surface area contributed by atoms with Crippen LogP contribution in [0.15, 0.2) is 0 Å². The van der Waals surface area contributed by atoms with Crippen LogP contribution in [-0.4, -0.2) is 42.9 Å². The largest absolute Gasteiger partial charge is 0.481 e. The third-order valence-corrected chi connectivity index (χ3v) is 4.04. The van der Waals surface area contributed by atoms with Gasteiger partial charge in [0.25, 0.3) is 0 Å². The maximum atomic E-state index is 11.6. The first-order valence-corrected chi connectivity index (χ1v) is 7.26. The van der Waals surface area contributed by atoms with Crippen molar-refractivity contribution in [3.8, 4) is 0 Å². The lowest BCUT2D eigenvalue weighted by atomic mass is 9.79. The van der Waals surface area contributed by atoms with Gasteiger partial charge in [0.15, 0.2) is 0 Å². The molecule has 6 nitrogen and oxygen atoms in total. The third kappa shape index (κ3) is 5.77. The van der Waals surface area contributed by atoms with E-state index in [-0.39, 0.29) is 18.1 Å². The Bertz CT molecular complexity index is 325. The quantitative estimate of drug-likeness (QED) is 0.622. The molecule has 3 N–H and O–H groups in total. The minimum Gasteiger partial charge on any atom is -0.481 e. The smallest absolute Gasteiger partial charge is 0.314 e. The number of nitrogens with one attached hydrogen (secondary N) is 2. The van der Waals surface area contributed by atoms with Crippen molar-refractivity contribution in [2.75, 3.05) is 20.2 Å². The number of rotatable bonds is 7. The van der Waals surface area contributed by atoms with Gasteiger partial charge in [-0.25, -0.2) is 4.79 Å². The summed E-state index contributed by atoms with van der Waals surface area (Å²) in [6, 6.07) is -0.259. The van der Waals surface area contributed by atoms with E-state index >= 15 is 0 Å². The highest BCUT2D eigenvalue weighted by atomic mass is 16.5. The molecule has 0 atom stereocenters. The topological polar surface area (TPSA) is 87.7 Å². The molecule has 116 valence electrons. The first-order valence-electron chi connectivity index (χ1n) is 7.26. The van der Waals surface area contributed by atoms with Crippen molar-refractivity contribution in [2.45, 2.75) is 51.0 Å². The van der Waals surface area contributed by atoms with Crippen LogP contribution in [0.3, 0.4) is 0 Å². The number of ether oxygens (including phenoxy) is 1. The zero-order valence-corrected chi connectivity index (χ0v) is 12.4. The van der Waals surface area contributed by atoms with Gasteiger partial charge in [0.1, 0.15) is 0 Å². The number of amides is 2. The normalized spacial score (nSPS) is 26.0. The number of carboxylic acids is 1. The van der Waals surface area contributed by atoms with Crippen molar-refractivity contribution in [1.82, 2.24) is 10.6 Å². The highest BCUT2D eigenvalue weighted by Crippen LogP contribution is 2.33. The minimum absolute atomic E-state index is 0.0696. The van der Waals surface area contributed by atoms with Gasteiger partial charge in [-0.15, -0.1) is 0 Å². The van der Waals surface area contributed by atoms with Crippen molar-refractivity contribution in [3.63, 3.8) is 0 Å². The number of carbonyl (C=O) groups is 2. The Labute approximate surface area is 120 Å². The average molecular weight is 286 g/mol. The van der Waals surface area contributed by atoms with Gasteiger partial charge >= 0.3 is 12.0 Å². The molecule has 0 saturated heterocycles. The summed E-state index contributed by atoms with van der Waals surface area (Å²) in [6.45, 7) is 3.11. The van der Waals surface area contributed by atoms with Gasteiger partial charge in [-0.05, 0) is 38.0 Å². The predicted octanol–water partition coefficient (Wildman–Crippen LogP) is 1.75. The molecule has 0 aromatic carbocycles. The maximum absolute atomic E-state index is 11.6. The summed E-state index contributed by atoms with van der Waals surface area (Å²) in [4.78, 5) is 22.0. The van der Waals surface area contributed by atoms with Crippen LogP contribution >= 0.6 is 0 Å². The van der Waals surface area contributed by atoms with Crippen LogP contribution in [0.4, 0.5) is 4.79 Å². The van der Waals surface area contributed by atoms with Crippen LogP contribution in [0, 0.1) is 5.92 Å². The molecular formula is C14H26N2O4. The van der Waals surface area contributed by atoms with Crippen molar-refractivity contribution in [2.24, 2.45) is 5.92 Å². The van der Waals surface area contributed by atoms with E-state index in [1.165, 1.54) is 0 Å². The number of urea groups is 1. The number of methoxy groups -OCH3 is 1. The molecule has 20 heavy (non-hydrogen) atoms. The second-order valence-electron chi connectivity index (χ2n) is 5.68. The number of hydrogen-bond acceptors (Lipinski definition) is 3. The first kappa shape index (κ1) is 16.8. The van der Waals surface area contributed by atoms with Crippen LogP contribution in [0.1, 0.15) is 45.4 Å². The molecule has 1 aliphatic rings. The zero-order valence-electron chi connectivity index (χ0n) is 12.4. The lowest BCUT2D eigenvalue weighted by Gasteiger charge is -2.38. The number of carboxylic acid groups (broad SMARTS) is 1. The van der Waals surface area contributed by atoms with E-state index in [2.05, 4.69) is 17.6 Å². The summed E-state index contributed by atoms with van der Waals surface area (Å²) in [6.07, 6.45) is 4.68. The van der Waals surface area contributed by atoms with Crippen LogP contribution in [0.25, 0.3) is 0 Å². The molecule has 0 aliphatic heterocycles. The molecule has 0 bridgehead atoms. The van der Waals surface area contributed by atoms with Crippen LogP contribution in [0.2, 0.25) is 0 Å². The molecule has 6 heteroatoms. The van der Waals surface area contributed by atoms with Crippen LogP contribution in [-0.2, 0) is 9.53 Å². The molecule has 0 radical (unpaired) electrons. The fourth-order valence-corrected chi connectivity index (χ4v) is 2.49. The Hall–Kier alpha value is -1.30. The van der Waals surface area contributed by atoms with Gasteiger partial charge in [0.05, 0.1) is 5.60 Å². The second kappa shape index (κ2) is 8.09. The van der Waals surface area contributed by atoms with E-state index in [9.17, 15) is 9.59 Å². The number of aliphatic carboxylic acids is 1. The molecule has 0 aromatic rings. The van der Waals surface area contributed by atoms with Crippen LogP contribution in [0.5, 0.6) is 0 Å². The molecule has 2 amide bonds. The highest BCUT2D eigenvalue weighted by molar-refractivity contribution is 5.74.